The third-order valence-electron chi connectivity index (χ3n) is 1.62. The molecule has 1 aliphatic carbocycles. The predicted molar refractivity (Wildman–Crippen MR) is 37.7 cm³/mol. The summed E-state index contributed by atoms with van der Waals surface area (Å²) in [5.74, 6) is 0.573. The van der Waals surface area contributed by atoms with Crippen LogP contribution in [0, 0.1) is 5.92 Å². The van der Waals surface area contributed by atoms with Crippen LogP contribution in [0.25, 0.3) is 0 Å². The lowest BCUT2D eigenvalue weighted by molar-refractivity contribution is -0.120. The van der Waals surface area contributed by atoms with Gasteiger partial charge in [0.05, 0.1) is 0 Å². The first kappa shape index (κ1) is 7.07. The van der Waals surface area contributed by atoms with Gasteiger partial charge >= 0.3 is 0 Å². The summed E-state index contributed by atoms with van der Waals surface area (Å²) in [6.45, 7) is 2.02. The van der Waals surface area contributed by atoms with Gasteiger partial charge in [0.15, 0.2) is 0 Å². The molecule has 0 heterocycles. The SMILES string of the molecule is CCCC(=O)[C@@H]1C[C@H]1Cl. The molecule has 0 spiro atoms. The molecule has 0 aromatic rings. The third-order valence-corrected chi connectivity index (χ3v) is 2.10. The molecule has 0 unspecified atom stereocenters. The van der Waals surface area contributed by atoms with Gasteiger partial charge in [-0.2, -0.15) is 0 Å². The van der Waals surface area contributed by atoms with Gasteiger partial charge in [-0.1, -0.05) is 6.92 Å². The molecular weight excluding hydrogens is 136 g/mol. The molecule has 9 heavy (non-hydrogen) atoms. The maximum absolute atomic E-state index is 10.9. The van der Waals surface area contributed by atoms with Gasteiger partial charge in [-0.05, 0) is 12.8 Å². The standard InChI is InChI=1S/C7H11ClO/c1-2-3-7(9)5-4-6(5)8/h5-6H,2-4H2,1H3/t5-,6-/m1/s1. The van der Waals surface area contributed by atoms with E-state index in [1.807, 2.05) is 6.92 Å². The molecule has 1 nitrogen and oxygen atoms in total. The van der Waals surface area contributed by atoms with Crippen molar-refractivity contribution in [2.24, 2.45) is 5.92 Å². The smallest absolute Gasteiger partial charge is 0.137 e. The van der Waals surface area contributed by atoms with E-state index in [-0.39, 0.29) is 11.3 Å². The molecule has 0 amide bonds. The summed E-state index contributed by atoms with van der Waals surface area (Å²) in [7, 11) is 0. The van der Waals surface area contributed by atoms with Gasteiger partial charge < -0.3 is 0 Å². The Morgan fingerprint density at radius 2 is 2.33 bits per heavy atom. The molecule has 2 atom stereocenters. The predicted octanol–water partition coefficient (Wildman–Crippen LogP) is 1.98. The Kier molecular flexibility index (Phi) is 2.12. The molecule has 1 fully saturated rings. The Labute approximate surface area is 60.4 Å². The van der Waals surface area contributed by atoms with Crippen LogP contribution in [-0.2, 0) is 4.79 Å². The number of alkyl halides is 1. The molecule has 0 saturated heterocycles. The van der Waals surface area contributed by atoms with Crippen molar-refractivity contribution in [1.82, 2.24) is 0 Å². The van der Waals surface area contributed by atoms with Crippen LogP contribution in [0.4, 0.5) is 0 Å². The Morgan fingerprint density at radius 1 is 1.78 bits per heavy atom. The van der Waals surface area contributed by atoms with E-state index < -0.39 is 0 Å². The van der Waals surface area contributed by atoms with Crippen molar-refractivity contribution in [1.29, 1.82) is 0 Å². The van der Waals surface area contributed by atoms with Crippen molar-refractivity contribution in [3.8, 4) is 0 Å². The van der Waals surface area contributed by atoms with Crippen LogP contribution in [0.5, 0.6) is 0 Å². The van der Waals surface area contributed by atoms with Crippen molar-refractivity contribution in [3.05, 3.63) is 0 Å². The molecule has 0 aromatic heterocycles. The molecule has 0 aromatic carbocycles. The molecular formula is C7H11ClO. The summed E-state index contributed by atoms with van der Waals surface area (Å²) in [6, 6.07) is 0. The fourth-order valence-electron chi connectivity index (χ4n) is 0.929. The molecule has 1 rings (SSSR count). The molecule has 0 N–H and O–H groups in total. The topological polar surface area (TPSA) is 17.1 Å². The molecule has 1 aliphatic rings. The Morgan fingerprint density at radius 3 is 2.67 bits per heavy atom. The van der Waals surface area contributed by atoms with E-state index in [0.29, 0.717) is 12.2 Å². The number of rotatable bonds is 3. The normalized spacial score (nSPS) is 32.2. The zero-order chi connectivity index (χ0) is 6.85. The van der Waals surface area contributed by atoms with Gasteiger partial charge in [-0.3, -0.25) is 4.79 Å². The Balaban J connectivity index is 2.20. The number of halogens is 1. The highest BCUT2D eigenvalue weighted by Gasteiger charge is 2.40. The van der Waals surface area contributed by atoms with E-state index in [9.17, 15) is 4.79 Å². The highest BCUT2D eigenvalue weighted by Crippen LogP contribution is 2.37. The second-order valence-electron chi connectivity index (χ2n) is 2.57. The zero-order valence-corrected chi connectivity index (χ0v) is 6.32. The Bertz CT molecular complexity index is 122. The number of ketones is 1. The molecule has 0 radical (unpaired) electrons. The first-order valence-electron chi connectivity index (χ1n) is 3.42. The quantitative estimate of drug-likeness (QED) is 0.557. The third kappa shape index (κ3) is 1.68. The lowest BCUT2D eigenvalue weighted by Gasteiger charge is -1.91. The van der Waals surface area contributed by atoms with E-state index in [4.69, 9.17) is 11.6 Å². The van der Waals surface area contributed by atoms with Crippen molar-refractivity contribution >= 4 is 17.4 Å². The summed E-state index contributed by atoms with van der Waals surface area (Å²) >= 11 is 5.66. The molecule has 2 heteroatoms. The summed E-state index contributed by atoms with van der Waals surface area (Å²) in [4.78, 5) is 10.9. The van der Waals surface area contributed by atoms with Gasteiger partial charge in [0.2, 0.25) is 0 Å². The number of Topliss-reactive ketones (excluding diaryl/α,β-unsaturated/α-hetero) is 1. The van der Waals surface area contributed by atoms with Crippen molar-refractivity contribution in [2.75, 3.05) is 0 Å². The highest BCUT2D eigenvalue weighted by atomic mass is 35.5. The Hall–Kier alpha value is -0.0400. The van der Waals surface area contributed by atoms with E-state index in [1.54, 1.807) is 0 Å². The number of hydrogen-bond donors (Lipinski definition) is 0. The van der Waals surface area contributed by atoms with Crippen molar-refractivity contribution in [3.63, 3.8) is 0 Å². The molecule has 0 bridgehead atoms. The minimum absolute atomic E-state index is 0.170. The maximum Gasteiger partial charge on any atom is 0.137 e. The average Bonchev–Trinajstić information content (AvgIpc) is 2.47. The monoisotopic (exact) mass is 146 g/mol. The van der Waals surface area contributed by atoms with Gasteiger partial charge in [-0.15, -0.1) is 11.6 Å². The van der Waals surface area contributed by atoms with Crippen LogP contribution in [0.15, 0.2) is 0 Å². The fourth-order valence-corrected chi connectivity index (χ4v) is 1.26. The molecule has 0 aliphatic heterocycles. The van der Waals surface area contributed by atoms with Gasteiger partial charge in [0.1, 0.15) is 5.78 Å². The van der Waals surface area contributed by atoms with E-state index in [1.165, 1.54) is 0 Å². The van der Waals surface area contributed by atoms with Crippen molar-refractivity contribution in [2.45, 2.75) is 31.6 Å². The van der Waals surface area contributed by atoms with E-state index in [0.717, 1.165) is 12.8 Å². The molecule has 52 valence electrons. The van der Waals surface area contributed by atoms with Crippen LogP contribution >= 0.6 is 11.6 Å². The summed E-state index contributed by atoms with van der Waals surface area (Å²) in [5.41, 5.74) is 0. The van der Waals surface area contributed by atoms with Gasteiger partial charge in [0.25, 0.3) is 0 Å². The lowest BCUT2D eigenvalue weighted by Crippen LogP contribution is -2.00. The first-order chi connectivity index (χ1) is 4.25. The second-order valence-corrected chi connectivity index (χ2v) is 3.14. The van der Waals surface area contributed by atoms with Crippen LogP contribution in [-0.4, -0.2) is 11.2 Å². The lowest BCUT2D eigenvalue weighted by atomic mass is 10.2. The summed E-state index contributed by atoms with van der Waals surface area (Å²) in [6.07, 6.45) is 2.59. The average molecular weight is 147 g/mol. The maximum atomic E-state index is 10.9. The number of carbonyl (C=O) groups is 1. The van der Waals surface area contributed by atoms with Crippen LogP contribution < -0.4 is 0 Å². The highest BCUT2D eigenvalue weighted by molar-refractivity contribution is 6.24. The number of hydrogen-bond acceptors (Lipinski definition) is 1. The van der Waals surface area contributed by atoms with Crippen molar-refractivity contribution < 1.29 is 4.79 Å². The minimum atomic E-state index is 0.170. The zero-order valence-electron chi connectivity index (χ0n) is 5.56. The largest absolute Gasteiger partial charge is 0.299 e. The first-order valence-corrected chi connectivity index (χ1v) is 3.86. The number of carbonyl (C=O) groups excluding carboxylic acids is 1. The molecule has 1 saturated carbocycles. The van der Waals surface area contributed by atoms with Gasteiger partial charge in [0, 0.05) is 17.7 Å². The van der Waals surface area contributed by atoms with Crippen LogP contribution in [0.3, 0.4) is 0 Å². The van der Waals surface area contributed by atoms with E-state index >= 15 is 0 Å². The minimum Gasteiger partial charge on any atom is -0.299 e. The summed E-state index contributed by atoms with van der Waals surface area (Å²) in [5, 5.41) is 0.170. The van der Waals surface area contributed by atoms with Gasteiger partial charge in [-0.25, -0.2) is 0 Å². The van der Waals surface area contributed by atoms with Crippen LogP contribution in [0.1, 0.15) is 26.2 Å². The van der Waals surface area contributed by atoms with Crippen LogP contribution in [0.2, 0.25) is 0 Å². The second kappa shape index (κ2) is 2.70. The van der Waals surface area contributed by atoms with E-state index in [2.05, 4.69) is 0 Å². The summed E-state index contributed by atoms with van der Waals surface area (Å²) < 4.78 is 0. The fraction of sp³-hybridized carbons (Fsp3) is 0.857.